The molecule has 0 saturated carbocycles. The Morgan fingerprint density at radius 3 is 2.84 bits per heavy atom. The van der Waals surface area contributed by atoms with Gasteiger partial charge in [-0.05, 0) is 59.6 Å². The van der Waals surface area contributed by atoms with Gasteiger partial charge in [0.05, 0.1) is 10.2 Å². The Labute approximate surface area is 122 Å². The molecule has 3 nitrogen and oxygen atoms in total. The first-order valence-electron chi connectivity index (χ1n) is 6.36. The number of nitrogens with two attached hydrogens (primary N) is 1. The Balaban J connectivity index is 2.38. The highest BCUT2D eigenvalue weighted by molar-refractivity contribution is 9.10. The molecule has 0 atom stereocenters. The fourth-order valence-electron chi connectivity index (χ4n) is 2.02. The topological polar surface area (TPSA) is 42.1 Å². The van der Waals surface area contributed by atoms with E-state index in [9.17, 15) is 0 Å². The van der Waals surface area contributed by atoms with E-state index >= 15 is 0 Å². The fraction of sp³-hybridized carbons (Fsp3) is 0.267. The normalized spacial score (nSPS) is 10.5. The van der Waals surface area contributed by atoms with E-state index in [4.69, 9.17) is 5.73 Å². The summed E-state index contributed by atoms with van der Waals surface area (Å²) in [7, 11) is 0. The van der Waals surface area contributed by atoms with Crippen molar-refractivity contribution in [3.05, 3.63) is 52.8 Å². The van der Waals surface area contributed by atoms with E-state index in [1.807, 2.05) is 18.5 Å². The molecule has 0 spiro atoms. The number of pyridine rings is 1. The number of anilines is 2. The van der Waals surface area contributed by atoms with Gasteiger partial charge in [-0.3, -0.25) is 4.98 Å². The van der Waals surface area contributed by atoms with Crippen LogP contribution in [0.3, 0.4) is 0 Å². The first-order chi connectivity index (χ1) is 9.22. The van der Waals surface area contributed by atoms with Crippen LogP contribution in [0.1, 0.15) is 12.0 Å². The van der Waals surface area contributed by atoms with Crippen LogP contribution in [0.25, 0.3) is 0 Å². The minimum atomic E-state index is 0.686. The third-order valence-corrected chi connectivity index (χ3v) is 3.55. The van der Waals surface area contributed by atoms with Crippen molar-refractivity contribution >= 4 is 27.3 Å². The Bertz CT molecular complexity index is 542. The Kier molecular flexibility index (Phi) is 4.93. The van der Waals surface area contributed by atoms with Crippen LogP contribution in [0.4, 0.5) is 11.4 Å². The highest BCUT2D eigenvalue weighted by Crippen LogP contribution is 2.31. The van der Waals surface area contributed by atoms with Gasteiger partial charge < -0.3 is 10.6 Å². The summed E-state index contributed by atoms with van der Waals surface area (Å²) in [5.74, 6) is 0. The number of hydrogen-bond donors (Lipinski definition) is 1. The molecule has 2 rings (SSSR count). The lowest BCUT2D eigenvalue weighted by molar-refractivity contribution is 0.816. The van der Waals surface area contributed by atoms with Crippen molar-refractivity contribution in [3.63, 3.8) is 0 Å². The molecule has 0 aliphatic carbocycles. The van der Waals surface area contributed by atoms with E-state index in [-0.39, 0.29) is 0 Å². The van der Waals surface area contributed by atoms with Crippen LogP contribution in [0.5, 0.6) is 0 Å². The highest BCUT2D eigenvalue weighted by Gasteiger charge is 2.12. The van der Waals surface area contributed by atoms with Gasteiger partial charge in [-0.15, -0.1) is 0 Å². The minimum absolute atomic E-state index is 0.686. The average molecular weight is 320 g/mol. The summed E-state index contributed by atoms with van der Waals surface area (Å²) in [6.07, 6.45) is 4.58. The monoisotopic (exact) mass is 319 g/mol. The molecule has 0 radical (unpaired) electrons. The van der Waals surface area contributed by atoms with Crippen molar-refractivity contribution in [3.8, 4) is 0 Å². The molecule has 2 N–H and O–H groups in total. The predicted molar refractivity (Wildman–Crippen MR) is 83.8 cm³/mol. The predicted octanol–water partition coefficient (Wildman–Crippen LogP) is 3.64. The molecule has 0 unspecified atom stereocenters. The maximum atomic E-state index is 5.65. The van der Waals surface area contributed by atoms with Gasteiger partial charge >= 0.3 is 0 Å². The van der Waals surface area contributed by atoms with Crippen LogP contribution in [0.15, 0.2) is 47.2 Å². The number of nitrogens with zero attached hydrogens (tertiary/aromatic N) is 2. The largest absolute Gasteiger partial charge is 0.340 e. The zero-order chi connectivity index (χ0) is 13.7. The highest BCUT2D eigenvalue weighted by atomic mass is 79.9. The van der Waals surface area contributed by atoms with E-state index in [1.54, 1.807) is 0 Å². The van der Waals surface area contributed by atoms with Gasteiger partial charge in [0.15, 0.2) is 0 Å². The van der Waals surface area contributed by atoms with Crippen molar-refractivity contribution in [2.75, 3.05) is 18.0 Å². The smallest absolute Gasteiger partial charge is 0.0595 e. The number of hydrogen-bond acceptors (Lipinski definition) is 3. The van der Waals surface area contributed by atoms with Crippen LogP contribution in [-0.4, -0.2) is 18.1 Å². The van der Waals surface area contributed by atoms with E-state index in [1.165, 1.54) is 11.3 Å². The third-order valence-electron chi connectivity index (χ3n) is 2.94. The van der Waals surface area contributed by atoms with Gasteiger partial charge in [0.1, 0.15) is 0 Å². The van der Waals surface area contributed by atoms with Crippen LogP contribution in [0.2, 0.25) is 0 Å². The molecular weight excluding hydrogens is 302 g/mol. The van der Waals surface area contributed by atoms with Crippen molar-refractivity contribution in [1.29, 1.82) is 0 Å². The molecule has 1 aromatic heterocycles. The average Bonchev–Trinajstić information content (AvgIpc) is 2.41. The lowest BCUT2D eigenvalue weighted by Gasteiger charge is -2.26. The first-order valence-corrected chi connectivity index (χ1v) is 7.15. The lowest BCUT2D eigenvalue weighted by Crippen LogP contribution is -2.21. The van der Waals surface area contributed by atoms with Gasteiger partial charge in [-0.25, -0.2) is 0 Å². The molecule has 0 aliphatic heterocycles. The van der Waals surface area contributed by atoms with Gasteiger partial charge in [-0.1, -0.05) is 12.1 Å². The summed E-state index contributed by atoms with van der Waals surface area (Å²) in [5, 5.41) is 0. The maximum Gasteiger partial charge on any atom is 0.0595 e. The summed E-state index contributed by atoms with van der Waals surface area (Å²) in [6, 6.07) is 10.5. The Morgan fingerprint density at radius 2 is 2.16 bits per heavy atom. The van der Waals surface area contributed by atoms with E-state index < -0.39 is 0 Å². The number of halogens is 1. The second kappa shape index (κ2) is 6.68. The zero-order valence-corrected chi connectivity index (χ0v) is 12.6. The second-order valence-corrected chi connectivity index (χ2v) is 5.31. The molecule has 0 saturated heterocycles. The summed E-state index contributed by atoms with van der Waals surface area (Å²) >= 11 is 3.57. The summed E-state index contributed by atoms with van der Waals surface area (Å²) < 4.78 is 0.994. The van der Waals surface area contributed by atoms with Gasteiger partial charge in [-0.2, -0.15) is 0 Å². The van der Waals surface area contributed by atoms with E-state index in [0.717, 1.165) is 23.1 Å². The van der Waals surface area contributed by atoms with Gasteiger partial charge in [0.25, 0.3) is 0 Å². The van der Waals surface area contributed by atoms with Crippen molar-refractivity contribution < 1.29 is 0 Å². The molecule has 4 heteroatoms. The molecule has 19 heavy (non-hydrogen) atoms. The van der Waals surface area contributed by atoms with Crippen molar-refractivity contribution in [1.82, 2.24) is 4.98 Å². The molecule has 0 aliphatic rings. The summed E-state index contributed by atoms with van der Waals surface area (Å²) in [6.45, 7) is 3.68. The van der Waals surface area contributed by atoms with Gasteiger partial charge in [0, 0.05) is 24.6 Å². The van der Waals surface area contributed by atoms with E-state index in [2.05, 4.69) is 57.0 Å². The summed E-state index contributed by atoms with van der Waals surface area (Å²) in [5.41, 5.74) is 9.20. The Morgan fingerprint density at radius 1 is 1.32 bits per heavy atom. The van der Waals surface area contributed by atoms with Crippen LogP contribution < -0.4 is 10.6 Å². The maximum absolute atomic E-state index is 5.65. The van der Waals surface area contributed by atoms with Crippen molar-refractivity contribution in [2.24, 2.45) is 5.73 Å². The molecule has 1 aromatic carbocycles. The number of rotatable bonds is 5. The molecular formula is C15H18BrN3. The molecule has 0 fully saturated rings. The van der Waals surface area contributed by atoms with Crippen LogP contribution >= 0.6 is 15.9 Å². The van der Waals surface area contributed by atoms with E-state index in [0.29, 0.717) is 6.54 Å². The molecule has 2 aromatic rings. The molecule has 100 valence electrons. The first kappa shape index (κ1) is 14.0. The third kappa shape index (κ3) is 3.55. The summed E-state index contributed by atoms with van der Waals surface area (Å²) in [4.78, 5) is 6.39. The SMILES string of the molecule is Cc1cccc(N(CCCN)c2ccncc2Br)c1. The molecule has 0 bridgehead atoms. The van der Waals surface area contributed by atoms with Crippen molar-refractivity contribution in [2.45, 2.75) is 13.3 Å². The molecule has 0 amide bonds. The number of aryl methyl sites for hydroxylation is 1. The Hall–Kier alpha value is -1.39. The van der Waals surface area contributed by atoms with Crippen LogP contribution in [-0.2, 0) is 0 Å². The second-order valence-electron chi connectivity index (χ2n) is 4.46. The van der Waals surface area contributed by atoms with Crippen LogP contribution in [0, 0.1) is 6.92 Å². The zero-order valence-electron chi connectivity index (χ0n) is 11.0. The van der Waals surface area contributed by atoms with Gasteiger partial charge in [0.2, 0.25) is 0 Å². The minimum Gasteiger partial charge on any atom is -0.340 e. The fourth-order valence-corrected chi connectivity index (χ4v) is 2.49. The quantitative estimate of drug-likeness (QED) is 0.914. The number of aromatic nitrogens is 1. The number of benzene rings is 1. The lowest BCUT2D eigenvalue weighted by atomic mass is 10.2. The standard InChI is InChI=1S/C15H18BrN3/c1-12-4-2-5-13(10-12)19(9-3-7-17)15-6-8-18-11-14(15)16/h2,4-6,8,10-11H,3,7,9,17H2,1H3. The molecule has 1 heterocycles.